The van der Waals surface area contributed by atoms with Crippen molar-refractivity contribution in [3.63, 3.8) is 0 Å². The van der Waals surface area contributed by atoms with Gasteiger partial charge in [0.25, 0.3) is 0 Å². The van der Waals surface area contributed by atoms with Crippen LogP contribution in [0.1, 0.15) is 33.1 Å². The van der Waals surface area contributed by atoms with E-state index in [0.717, 1.165) is 25.0 Å². The molecule has 1 aliphatic carbocycles. The van der Waals surface area contributed by atoms with Crippen molar-refractivity contribution in [3.05, 3.63) is 0 Å². The third-order valence-electron chi connectivity index (χ3n) is 3.33. The Hall–Kier alpha value is -0.120. The molecule has 2 atom stereocenters. The summed E-state index contributed by atoms with van der Waals surface area (Å²) in [7, 11) is 1.78. The fraction of sp³-hybridized carbons (Fsp3) is 1.00. The third kappa shape index (κ3) is 5.28. The largest absolute Gasteiger partial charge is 0.383 e. The van der Waals surface area contributed by atoms with Gasteiger partial charge in [0.1, 0.15) is 0 Å². The molecule has 0 radical (unpaired) electrons. The molecule has 1 rings (SSSR count). The molecule has 2 N–H and O–H groups in total. The highest BCUT2D eigenvalue weighted by Gasteiger charge is 2.23. The van der Waals surface area contributed by atoms with Gasteiger partial charge < -0.3 is 15.4 Å². The van der Waals surface area contributed by atoms with E-state index >= 15 is 0 Å². The first kappa shape index (κ1) is 13.9. The Morgan fingerprint density at radius 3 is 2.62 bits per heavy atom. The molecule has 3 heteroatoms. The van der Waals surface area contributed by atoms with Crippen LogP contribution in [0, 0.1) is 11.8 Å². The van der Waals surface area contributed by atoms with Gasteiger partial charge in [-0.15, -0.1) is 0 Å². The topological polar surface area (TPSA) is 38.5 Å². The summed E-state index contributed by atoms with van der Waals surface area (Å²) in [4.78, 5) is 2.54. The van der Waals surface area contributed by atoms with Crippen LogP contribution in [0.2, 0.25) is 0 Å². The second-order valence-corrected chi connectivity index (χ2v) is 5.59. The molecule has 96 valence electrons. The summed E-state index contributed by atoms with van der Waals surface area (Å²) >= 11 is 0. The lowest BCUT2D eigenvalue weighted by Crippen LogP contribution is -2.35. The molecule has 1 aliphatic rings. The van der Waals surface area contributed by atoms with E-state index < -0.39 is 0 Å². The van der Waals surface area contributed by atoms with Crippen LogP contribution in [0.3, 0.4) is 0 Å². The van der Waals surface area contributed by atoms with Crippen molar-refractivity contribution in [3.8, 4) is 0 Å². The second-order valence-electron chi connectivity index (χ2n) is 5.59. The summed E-state index contributed by atoms with van der Waals surface area (Å²) in [6.45, 7) is 8.83. The Morgan fingerprint density at radius 1 is 1.38 bits per heavy atom. The maximum Gasteiger partial charge on any atom is 0.0589 e. The molecular formula is C13H28N2O. The van der Waals surface area contributed by atoms with Crippen LogP contribution >= 0.6 is 0 Å². The van der Waals surface area contributed by atoms with E-state index in [-0.39, 0.29) is 0 Å². The normalized spacial score (nSPS) is 25.9. The maximum absolute atomic E-state index is 5.96. The quantitative estimate of drug-likeness (QED) is 0.721. The summed E-state index contributed by atoms with van der Waals surface area (Å²) < 4.78 is 5.17. The number of ether oxygens (including phenoxy) is 1. The number of hydrogen-bond acceptors (Lipinski definition) is 3. The lowest BCUT2D eigenvalue weighted by atomic mass is 10.1. The summed E-state index contributed by atoms with van der Waals surface area (Å²) in [5.74, 6) is 1.54. The minimum absolute atomic E-state index is 0.452. The highest BCUT2D eigenvalue weighted by molar-refractivity contribution is 4.80. The molecule has 0 aromatic carbocycles. The summed E-state index contributed by atoms with van der Waals surface area (Å²) in [5, 5.41) is 0. The Balaban J connectivity index is 2.30. The third-order valence-corrected chi connectivity index (χ3v) is 3.33. The Kier molecular flexibility index (Phi) is 6.32. The highest BCUT2D eigenvalue weighted by atomic mass is 16.5. The first-order valence-corrected chi connectivity index (χ1v) is 6.58. The van der Waals surface area contributed by atoms with Gasteiger partial charge in [0, 0.05) is 32.8 Å². The van der Waals surface area contributed by atoms with Crippen LogP contribution in [0.25, 0.3) is 0 Å². The van der Waals surface area contributed by atoms with E-state index in [1.54, 1.807) is 7.11 Å². The van der Waals surface area contributed by atoms with Crippen LogP contribution in [0.5, 0.6) is 0 Å². The molecule has 2 unspecified atom stereocenters. The van der Waals surface area contributed by atoms with Gasteiger partial charge in [-0.2, -0.15) is 0 Å². The maximum atomic E-state index is 5.96. The molecule has 0 saturated heterocycles. The standard InChI is InChI=1S/C13H28N2O/c1-11(2)9-15(6-7-16-3)10-12-4-5-13(14)8-12/h11-13H,4-10,14H2,1-3H3. The van der Waals surface area contributed by atoms with Crippen LogP contribution in [0.15, 0.2) is 0 Å². The van der Waals surface area contributed by atoms with Crippen molar-refractivity contribution in [1.29, 1.82) is 0 Å². The predicted molar refractivity (Wildman–Crippen MR) is 68.5 cm³/mol. The van der Waals surface area contributed by atoms with Crippen molar-refractivity contribution >= 4 is 0 Å². The summed E-state index contributed by atoms with van der Waals surface area (Å²) in [5.41, 5.74) is 5.96. The molecule has 0 bridgehead atoms. The van der Waals surface area contributed by atoms with Crippen molar-refractivity contribution in [2.24, 2.45) is 17.6 Å². The zero-order chi connectivity index (χ0) is 12.0. The molecule has 0 aromatic rings. The molecule has 0 spiro atoms. The van der Waals surface area contributed by atoms with Gasteiger partial charge in [0.2, 0.25) is 0 Å². The van der Waals surface area contributed by atoms with Crippen molar-refractivity contribution < 1.29 is 4.74 Å². The Bertz CT molecular complexity index is 185. The van der Waals surface area contributed by atoms with Crippen LogP contribution in [-0.4, -0.2) is 44.3 Å². The summed E-state index contributed by atoms with van der Waals surface area (Å²) in [6.07, 6.45) is 3.73. The second kappa shape index (κ2) is 7.25. The van der Waals surface area contributed by atoms with Crippen molar-refractivity contribution in [1.82, 2.24) is 4.90 Å². The Labute approximate surface area is 100 Å². The molecule has 1 saturated carbocycles. The van der Waals surface area contributed by atoms with Crippen molar-refractivity contribution in [2.45, 2.75) is 39.2 Å². The lowest BCUT2D eigenvalue weighted by Gasteiger charge is -2.26. The fourth-order valence-electron chi connectivity index (χ4n) is 2.64. The van der Waals surface area contributed by atoms with E-state index in [9.17, 15) is 0 Å². The minimum Gasteiger partial charge on any atom is -0.383 e. The molecule has 0 heterocycles. The zero-order valence-electron chi connectivity index (χ0n) is 11.1. The van der Waals surface area contributed by atoms with E-state index in [1.807, 2.05) is 0 Å². The predicted octanol–water partition coefficient (Wildman–Crippen LogP) is 1.72. The van der Waals surface area contributed by atoms with E-state index in [4.69, 9.17) is 10.5 Å². The monoisotopic (exact) mass is 228 g/mol. The first-order chi connectivity index (χ1) is 7.61. The molecule has 0 amide bonds. The van der Waals surface area contributed by atoms with Gasteiger partial charge in [-0.25, -0.2) is 0 Å². The van der Waals surface area contributed by atoms with E-state index in [2.05, 4.69) is 18.7 Å². The SMILES string of the molecule is COCCN(CC(C)C)CC1CCC(N)C1. The fourth-order valence-corrected chi connectivity index (χ4v) is 2.64. The van der Waals surface area contributed by atoms with Gasteiger partial charge in [-0.1, -0.05) is 13.8 Å². The lowest BCUT2D eigenvalue weighted by molar-refractivity contribution is 0.128. The van der Waals surface area contributed by atoms with Crippen LogP contribution in [-0.2, 0) is 4.74 Å². The van der Waals surface area contributed by atoms with Gasteiger partial charge in [-0.05, 0) is 31.1 Å². The number of nitrogens with zero attached hydrogens (tertiary/aromatic N) is 1. The van der Waals surface area contributed by atoms with Gasteiger partial charge in [-0.3, -0.25) is 0 Å². The average molecular weight is 228 g/mol. The molecular weight excluding hydrogens is 200 g/mol. The molecule has 0 aromatic heterocycles. The number of nitrogens with two attached hydrogens (primary N) is 1. The highest BCUT2D eigenvalue weighted by Crippen LogP contribution is 2.25. The smallest absolute Gasteiger partial charge is 0.0589 e. The number of methoxy groups -OCH3 is 1. The van der Waals surface area contributed by atoms with Gasteiger partial charge in [0.05, 0.1) is 6.61 Å². The zero-order valence-corrected chi connectivity index (χ0v) is 11.1. The molecule has 3 nitrogen and oxygen atoms in total. The van der Waals surface area contributed by atoms with E-state index in [0.29, 0.717) is 6.04 Å². The average Bonchev–Trinajstić information content (AvgIpc) is 2.59. The van der Waals surface area contributed by atoms with E-state index in [1.165, 1.54) is 32.4 Å². The first-order valence-electron chi connectivity index (χ1n) is 6.58. The van der Waals surface area contributed by atoms with Crippen LogP contribution in [0.4, 0.5) is 0 Å². The summed E-state index contributed by atoms with van der Waals surface area (Å²) in [6, 6.07) is 0.452. The van der Waals surface area contributed by atoms with Gasteiger partial charge >= 0.3 is 0 Å². The Morgan fingerprint density at radius 2 is 2.12 bits per heavy atom. The van der Waals surface area contributed by atoms with Gasteiger partial charge in [0.15, 0.2) is 0 Å². The number of rotatable bonds is 7. The number of hydrogen-bond donors (Lipinski definition) is 1. The minimum atomic E-state index is 0.452. The molecule has 1 fully saturated rings. The molecule has 16 heavy (non-hydrogen) atoms. The van der Waals surface area contributed by atoms with Crippen molar-refractivity contribution in [2.75, 3.05) is 33.4 Å². The van der Waals surface area contributed by atoms with Crippen LogP contribution < -0.4 is 5.73 Å². The molecule has 0 aliphatic heterocycles.